The summed E-state index contributed by atoms with van der Waals surface area (Å²) in [6.07, 6.45) is -4.25. The number of alkyl halides is 3. The van der Waals surface area contributed by atoms with Crippen molar-refractivity contribution in [2.24, 2.45) is 0 Å². The van der Waals surface area contributed by atoms with Gasteiger partial charge >= 0.3 is 6.18 Å². The summed E-state index contributed by atoms with van der Waals surface area (Å²) in [6, 6.07) is 10.1. The molecule has 3 aromatic rings. The van der Waals surface area contributed by atoms with Crippen LogP contribution in [0.1, 0.15) is 29.5 Å². The highest BCUT2D eigenvalue weighted by atomic mass is 19.4. The van der Waals surface area contributed by atoms with Crippen molar-refractivity contribution in [2.45, 2.75) is 31.2 Å². The lowest BCUT2D eigenvalue weighted by Crippen LogP contribution is -2.33. The fourth-order valence-electron chi connectivity index (χ4n) is 3.66. The molecule has 3 nitrogen and oxygen atoms in total. The number of fused-ring (bicyclic) bond motifs is 1. The van der Waals surface area contributed by atoms with Crippen LogP contribution >= 0.6 is 0 Å². The number of aliphatic hydroxyl groups is 1. The predicted octanol–water partition coefficient (Wildman–Crippen LogP) is 5.71. The monoisotopic (exact) mass is 438 g/mol. The minimum atomic E-state index is -4.61. The van der Waals surface area contributed by atoms with Crippen LogP contribution in [0.5, 0.6) is 5.75 Å². The lowest BCUT2D eigenvalue weighted by Gasteiger charge is -2.33. The first-order valence-corrected chi connectivity index (χ1v) is 9.67. The number of hydrogen-bond donors (Lipinski definition) is 1. The van der Waals surface area contributed by atoms with Crippen molar-refractivity contribution in [2.75, 3.05) is 13.2 Å². The summed E-state index contributed by atoms with van der Waals surface area (Å²) in [5.41, 5.74) is -1.66. The molecule has 1 aliphatic rings. The molecule has 0 radical (unpaired) electrons. The Morgan fingerprint density at radius 1 is 0.903 bits per heavy atom. The molecule has 8 heteroatoms. The van der Waals surface area contributed by atoms with E-state index in [1.54, 1.807) is 18.2 Å². The van der Waals surface area contributed by atoms with E-state index in [1.165, 1.54) is 6.07 Å². The quantitative estimate of drug-likeness (QED) is 0.530. The Morgan fingerprint density at radius 3 is 2.26 bits per heavy atom. The van der Waals surface area contributed by atoms with Gasteiger partial charge in [0, 0.05) is 26.1 Å². The molecule has 0 aromatic heterocycles. The van der Waals surface area contributed by atoms with E-state index >= 15 is 0 Å². The summed E-state index contributed by atoms with van der Waals surface area (Å²) in [4.78, 5) is 0. The zero-order valence-electron chi connectivity index (χ0n) is 16.3. The first-order chi connectivity index (χ1) is 14.6. The van der Waals surface area contributed by atoms with Gasteiger partial charge in [-0.15, -0.1) is 0 Å². The van der Waals surface area contributed by atoms with Gasteiger partial charge in [0.1, 0.15) is 12.4 Å². The molecule has 1 saturated heterocycles. The summed E-state index contributed by atoms with van der Waals surface area (Å²) in [7, 11) is 0. The van der Waals surface area contributed by atoms with Gasteiger partial charge in [0.05, 0.1) is 11.2 Å². The Bertz CT molecular complexity index is 1100. The summed E-state index contributed by atoms with van der Waals surface area (Å²) in [5, 5.41) is 11.8. The first kappa shape index (κ1) is 21.5. The molecule has 0 unspecified atom stereocenters. The van der Waals surface area contributed by atoms with Gasteiger partial charge in [-0.1, -0.05) is 12.1 Å². The van der Waals surface area contributed by atoms with Crippen LogP contribution in [0.2, 0.25) is 0 Å². The molecule has 0 bridgehead atoms. The van der Waals surface area contributed by atoms with Gasteiger partial charge in [0.15, 0.2) is 11.6 Å². The van der Waals surface area contributed by atoms with E-state index in [4.69, 9.17) is 9.47 Å². The van der Waals surface area contributed by atoms with Crippen LogP contribution in [0.15, 0.2) is 48.5 Å². The van der Waals surface area contributed by atoms with Crippen LogP contribution in [0.4, 0.5) is 22.0 Å². The van der Waals surface area contributed by atoms with E-state index < -0.39 is 29.0 Å². The predicted molar refractivity (Wildman–Crippen MR) is 104 cm³/mol. The molecule has 1 N–H and O–H groups in total. The molecule has 1 heterocycles. The van der Waals surface area contributed by atoms with Gasteiger partial charge < -0.3 is 14.6 Å². The second-order valence-corrected chi connectivity index (χ2v) is 7.62. The minimum Gasteiger partial charge on any atom is -0.489 e. The SMILES string of the molecule is OC1(c2cc(OCc3ccc4cc(F)c(F)cc4c3)cc(C(F)(F)F)c2)CCOCC1. The molecule has 1 fully saturated rings. The van der Waals surface area contributed by atoms with Crippen molar-refractivity contribution >= 4 is 10.8 Å². The highest BCUT2D eigenvalue weighted by molar-refractivity contribution is 5.83. The average molecular weight is 438 g/mol. The van der Waals surface area contributed by atoms with Crippen molar-refractivity contribution in [3.8, 4) is 5.75 Å². The lowest BCUT2D eigenvalue weighted by molar-refractivity contribution is -0.138. The number of rotatable bonds is 4. The standard InChI is InChI=1S/C23H19F5O3/c24-20-8-15-2-1-14(7-16(15)9-21(20)25)13-31-19-11-17(10-18(12-19)23(26,27)28)22(29)3-5-30-6-4-22/h1-2,7-12,29H,3-6,13H2. The van der Waals surface area contributed by atoms with E-state index in [0.29, 0.717) is 16.3 Å². The third-order valence-corrected chi connectivity index (χ3v) is 5.44. The Morgan fingerprint density at radius 2 is 1.58 bits per heavy atom. The van der Waals surface area contributed by atoms with E-state index in [1.807, 2.05) is 0 Å². The van der Waals surface area contributed by atoms with Gasteiger partial charge in [-0.2, -0.15) is 13.2 Å². The normalized spacial score (nSPS) is 16.5. The fraction of sp³-hybridized carbons (Fsp3) is 0.304. The second-order valence-electron chi connectivity index (χ2n) is 7.62. The van der Waals surface area contributed by atoms with Gasteiger partial charge in [0.2, 0.25) is 0 Å². The zero-order chi connectivity index (χ0) is 22.2. The molecule has 0 aliphatic carbocycles. The minimum absolute atomic E-state index is 0.0462. The Kier molecular flexibility index (Phi) is 5.61. The van der Waals surface area contributed by atoms with Crippen molar-refractivity contribution in [3.05, 3.63) is 76.9 Å². The Balaban J connectivity index is 1.62. The summed E-state index contributed by atoms with van der Waals surface area (Å²) < 4.78 is 77.9. The molecule has 1 aliphatic heterocycles. The van der Waals surface area contributed by atoms with E-state index in [9.17, 15) is 27.1 Å². The first-order valence-electron chi connectivity index (χ1n) is 9.67. The molecule has 164 valence electrons. The van der Waals surface area contributed by atoms with Crippen molar-refractivity contribution in [3.63, 3.8) is 0 Å². The van der Waals surface area contributed by atoms with Crippen LogP contribution in [-0.4, -0.2) is 18.3 Å². The molecular formula is C23H19F5O3. The van der Waals surface area contributed by atoms with Crippen molar-refractivity contribution in [1.29, 1.82) is 0 Å². The van der Waals surface area contributed by atoms with Gasteiger partial charge in [-0.3, -0.25) is 0 Å². The zero-order valence-corrected chi connectivity index (χ0v) is 16.3. The van der Waals surface area contributed by atoms with Gasteiger partial charge in [-0.25, -0.2) is 8.78 Å². The number of benzene rings is 3. The highest BCUT2D eigenvalue weighted by Gasteiger charge is 2.37. The van der Waals surface area contributed by atoms with Crippen LogP contribution < -0.4 is 4.74 Å². The average Bonchev–Trinajstić information content (AvgIpc) is 2.73. The number of halogens is 5. The van der Waals surface area contributed by atoms with E-state index in [2.05, 4.69) is 0 Å². The number of ether oxygens (including phenoxy) is 2. The van der Waals surface area contributed by atoms with Crippen LogP contribution in [0.25, 0.3) is 10.8 Å². The maximum atomic E-state index is 13.5. The van der Waals surface area contributed by atoms with E-state index in [-0.39, 0.29) is 44.0 Å². The van der Waals surface area contributed by atoms with E-state index in [0.717, 1.165) is 24.3 Å². The second kappa shape index (κ2) is 8.09. The molecule has 4 rings (SSSR count). The Hall–Kier alpha value is -2.71. The maximum absolute atomic E-state index is 13.5. The summed E-state index contributed by atoms with van der Waals surface area (Å²) in [6.45, 7) is 0.408. The van der Waals surface area contributed by atoms with Crippen molar-refractivity contribution in [1.82, 2.24) is 0 Å². The molecule has 0 spiro atoms. The largest absolute Gasteiger partial charge is 0.489 e. The smallest absolute Gasteiger partial charge is 0.416 e. The summed E-state index contributed by atoms with van der Waals surface area (Å²) >= 11 is 0. The van der Waals surface area contributed by atoms with Crippen LogP contribution in [0, 0.1) is 11.6 Å². The fourth-order valence-corrected chi connectivity index (χ4v) is 3.66. The lowest BCUT2D eigenvalue weighted by atomic mass is 9.85. The highest BCUT2D eigenvalue weighted by Crippen LogP contribution is 2.39. The van der Waals surface area contributed by atoms with Crippen LogP contribution in [0.3, 0.4) is 0 Å². The van der Waals surface area contributed by atoms with Gasteiger partial charge in [0.25, 0.3) is 0 Å². The molecular weight excluding hydrogens is 419 g/mol. The molecule has 0 atom stereocenters. The van der Waals surface area contributed by atoms with Crippen LogP contribution in [-0.2, 0) is 23.1 Å². The molecule has 0 amide bonds. The third kappa shape index (κ3) is 4.65. The molecule has 0 saturated carbocycles. The molecule has 31 heavy (non-hydrogen) atoms. The Labute approximate surface area is 175 Å². The van der Waals surface area contributed by atoms with Gasteiger partial charge in [-0.05, 0) is 58.3 Å². The topological polar surface area (TPSA) is 38.7 Å². The summed E-state index contributed by atoms with van der Waals surface area (Å²) in [5.74, 6) is -1.99. The third-order valence-electron chi connectivity index (χ3n) is 5.44. The number of hydrogen-bond acceptors (Lipinski definition) is 3. The molecule has 3 aromatic carbocycles. The van der Waals surface area contributed by atoms with Crippen molar-refractivity contribution < 1.29 is 36.5 Å². The maximum Gasteiger partial charge on any atom is 0.416 e.